The van der Waals surface area contributed by atoms with Crippen LogP contribution in [0.3, 0.4) is 0 Å². The number of amides is 5. The van der Waals surface area contributed by atoms with E-state index in [0.29, 0.717) is 57.2 Å². The Morgan fingerprint density at radius 1 is 0.804 bits per heavy atom. The molecule has 286 valence electrons. The number of rotatable bonds is 22. The number of phenols is 1. The van der Waals surface area contributed by atoms with E-state index in [9.17, 15) is 39.0 Å². The van der Waals surface area contributed by atoms with Gasteiger partial charge in [-0.2, -0.15) is 0 Å². The molecular weight excluding hydrogens is 660 g/mol. The van der Waals surface area contributed by atoms with E-state index in [4.69, 9.17) is 17.2 Å². The van der Waals surface area contributed by atoms with Crippen molar-refractivity contribution in [3.63, 3.8) is 0 Å². The topological polar surface area (TPSA) is 272 Å². The summed E-state index contributed by atoms with van der Waals surface area (Å²) in [5, 5.41) is 30.2. The molecule has 1 aromatic rings. The van der Waals surface area contributed by atoms with Crippen molar-refractivity contribution in [2.24, 2.45) is 23.1 Å². The second-order valence-electron chi connectivity index (χ2n) is 13.3. The van der Waals surface area contributed by atoms with Gasteiger partial charge in [0.05, 0.1) is 6.04 Å². The molecule has 2 rings (SSSR count). The summed E-state index contributed by atoms with van der Waals surface area (Å²) in [5.41, 5.74) is 18.0. The highest BCUT2D eigenvalue weighted by atomic mass is 16.4. The molecule has 1 aliphatic heterocycles. The van der Waals surface area contributed by atoms with Crippen LogP contribution in [-0.4, -0.2) is 107 Å². The standard InChI is InChI=1S/C35H58N8O8/c1-4-21(2)29(38)33(48)41-25(10-5-7-17-36)31(46)39-22(3)30(45)40-26(11-6-8-18-37)32(47)42-27(20-23-13-15-24(44)16-14-23)34(49)43-19-9-12-28(43)35(50)51/h13-16,21-22,25-29,44H,4-12,17-20,36-38H2,1-3H3,(H,39,46)(H,40,45)(H,41,48)(H,42,47)(H,50,51)/t21-,22-,25-,26-,27-,28-,29-/m0/s1. The number of aromatic hydroxyl groups is 1. The number of hydrogen-bond acceptors (Lipinski definition) is 10. The fraction of sp³-hybridized carbons (Fsp3) is 0.657. The number of carbonyl (C=O) groups is 6. The van der Waals surface area contributed by atoms with Gasteiger partial charge in [-0.1, -0.05) is 32.4 Å². The molecule has 16 nitrogen and oxygen atoms in total. The smallest absolute Gasteiger partial charge is 0.326 e. The maximum absolute atomic E-state index is 13.8. The highest BCUT2D eigenvalue weighted by Gasteiger charge is 2.38. The Kier molecular flexibility index (Phi) is 18.4. The maximum Gasteiger partial charge on any atom is 0.326 e. The number of nitrogens with one attached hydrogen (secondary N) is 4. The van der Waals surface area contributed by atoms with Crippen LogP contribution in [0.1, 0.15) is 84.1 Å². The van der Waals surface area contributed by atoms with Crippen LogP contribution < -0.4 is 38.5 Å². The SMILES string of the molecule is CC[C@H](C)[C@H](N)C(=O)N[C@@H](CCCCN)C(=O)N[C@@H](C)C(=O)N[C@@H](CCCCN)C(=O)N[C@@H](Cc1ccc(O)cc1)C(=O)N1CCC[C@H]1C(=O)O. The fourth-order valence-corrected chi connectivity index (χ4v) is 5.81. The average molecular weight is 719 g/mol. The number of phenolic OH excluding ortho intramolecular Hbond substituents is 1. The third kappa shape index (κ3) is 13.8. The number of likely N-dealkylation sites (tertiary alicyclic amines) is 1. The second kappa shape index (κ2) is 21.8. The third-order valence-electron chi connectivity index (χ3n) is 9.28. The normalized spacial score (nSPS) is 17.7. The molecule has 0 bridgehead atoms. The van der Waals surface area contributed by atoms with Crippen molar-refractivity contribution < 1.29 is 39.0 Å². The number of carbonyl (C=O) groups excluding carboxylic acids is 5. The number of benzene rings is 1. The van der Waals surface area contributed by atoms with Crippen LogP contribution in [0.4, 0.5) is 0 Å². The molecular formula is C35H58N8O8. The van der Waals surface area contributed by atoms with Gasteiger partial charge in [0.25, 0.3) is 0 Å². The summed E-state index contributed by atoms with van der Waals surface area (Å²) in [6, 6.07) is -0.171. The monoisotopic (exact) mass is 718 g/mol. The van der Waals surface area contributed by atoms with E-state index in [1.807, 2.05) is 13.8 Å². The summed E-state index contributed by atoms with van der Waals surface area (Å²) in [5.74, 6) is -4.25. The average Bonchev–Trinajstić information content (AvgIpc) is 3.61. The molecule has 0 saturated carbocycles. The van der Waals surface area contributed by atoms with E-state index >= 15 is 0 Å². The number of carboxylic acid groups (broad SMARTS) is 1. The number of carboxylic acids is 1. The van der Waals surface area contributed by atoms with Gasteiger partial charge in [-0.05, 0) is 95.0 Å². The first-order valence-electron chi connectivity index (χ1n) is 17.9. The Morgan fingerprint density at radius 2 is 1.33 bits per heavy atom. The van der Waals surface area contributed by atoms with Gasteiger partial charge in [0.1, 0.15) is 36.0 Å². The zero-order valence-corrected chi connectivity index (χ0v) is 30.1. The van der Waals surface area contributed by atoms with Crippen molar-refractivity contribution in [3.05, 3.63) is 29.8 Å². The summed E-state index contributed by atoms with van der Waals surface area (Å²) in [4.78, 5) is 80.2. The Hall–Kier alpha value is -4.28. The van der Waals surface area contributed by atoms with E-state index in [-0.39, 0.29) is 43.9 Å². The number of nitrogens with zero attached hydrogens (tertiary/aromatic N) is 1. The number of nitrogens with two attached hydrogens (primary N) is 3. The number of aliphatic carboxylic acids is 1. The zero-order valence-electron chi connectivity index (χ0n) is 30.1. The lowest BCUT2D eigenvalue weighted by Crippen LogP contribution is -2.59. The molecule has 1 aliphatic rings. The van der Waals surface area contributed by atoms with Gasteiger partial charge in [0.15, 0.2) is 0 Å². The van der Waals surface area contributed by atoms with Crippen LogP contribution in [0, 0.1) is 5.92 Å². The zero-order chi connectivity index (χ0) is 38.1. The number of unbranched alkanes of at least 4 members (excludes halogenated alkanes) is 2. The molecule has 16 heteroatoms. The van der Waals surface area contributed by atoms with E-state index in [0.717, 1.165) is 0 Å². The molecule has 1 aromatic carbocycles. The van der Waals surface area contributed by atoms with Crippen molar-refractivity contribution in [2.45, 2.75) is 121 Å². The highest BCUT2D eigenvalue weighted by Crippen LogP contribution is 2.20. The second-order valence-corrected chi connectivity index (χ2v) is 13.3. The van der Waals surface area contributed by atoms with Crippen molar-refractivity contribution >= 4 is 35.5 Å². The van der Waals surface area contributed by atoms with Gasteiger partial charge >= 0.3 is 5.97 Å². The van der Waals surface area contributed by atoms with Crippen LogP contribution in [0.5, 0.6) is 5.75 Å². The molecule has 1 heterocycles. The minimum absolute atomic E-state index is 0.00156. The maximum atomic E-state index is 13.8. The highest BCUT2D eigenvalue weighted by molar-refractivity contribution is 5.96. The Bertz CT molecular complexity index is 1310. The Balaban J connectivity index is 2.23. The molecule has 0 unspecified atom stereocenters. The van der Waals surface area contributed by atoms with Crippen LogP contribution in [0.15, 0.2) is 24.3 Å². The molecule has 0 spiro atoms. The predicted molar refractivity (Wildman–Crippen MR) is 191 cm³/mol. The minimum atomic E-state index is -1.17. The summed E-state index contributed by atoms with van der Waals surface area (Å²) >= 11 is 0. The van der Waals surface area contributed by atoms with Crippen LogP contribution in [0.25, 0.3) is 0 Å². The summed E-state index contributed by atoms with van der Waals surface area (Å²) in [6.45, 7) is 6.15. The lowest BCUT2D eigenvalue weighted by atomic mass is 9.98. The van der Waals surface area contributed by atoms with Gasteiger partial charge in [0.2, 0.25) is 29.5 Å². The van der Waals surface area contributed by atoms with Crippen molar-refractivity contribution in [2.75, 3.05) is 19.6 Å². The molecule has 0 aliphatic carbocycles. The van der Waals surface area contributed by atoms with E-state index in [1.165, 1.54) is 24.0 Å². The summed E-state index contributed by atoms with van der Waals surface area (Å²) in [7, 11) is 0. The lowest BCUT2D eigenvalue weighted by Gasteiger charge is -2.29. The van der Waals surface area contributed by atoms with Gasteiger partial charge < -0.3 is 53.6 Å². The quantitative estimate of drug-likeness (QED) is 0.0696. The Labute approximate surface area is 300 Å². The van der Waals surface area contributed by atoms with Crippen LogP contribution in [0.2, 0.25) is 0 Å². The first kappa shape index (κ1) is 42.9. The largest absolute Gasteiger partial charge is 0.508 e. The van der Waals surface area contributed by atoms with Gasteiger partial charge in [-0.3, -0.25) is 24.0 Å². The van der Waals surface area contributed by atoms with E-state index < -0.39 is 71.8 Å². The first-order valence-corrected chi connectivity index (χ1v) is 17.9. The van der Waals surface area contributed by atoms with Gasteiger partial charge in [-0.25, -0.2) is 4.79 Å². The minimum Gasteiger partial charge on any atom is -0.508 e. The third-order valence-corrected chi connectivity index (χ3v) is 9.28. The first-order chi connectivity index (χ1) is 24.2. The Morgan fingerprint density at radius 3 is 1.86 bits per heavy atom. The molecule has 1 saturated heterocycles. The molecule has 5 amide bonds. The molecule has 0 aromatic heterocycles. The molecule has 51 heavy (non-hydrogen) atoms. The molecule has 1 fully saturated rings. The van der Waals surface area contributed by atoms with Gasteiger partial charge in [-0.15, -0.1) is 0 Å². The van der Waals surface area contributed by atoms with Crippen LogP contribution >= 0.6 is 0 Å². The van der Waals surface area contributed by atoms with Gasteiger partial charge in [0, 0.05) is 13.0 Å². The van der Waals surface area contributed by atoms with E-state index in [1.54, 1.807) is 12.1 Å². The summed E-state index contributed by atoms with van der Waals surface area (Å²) in [6.07, 6.45) is 4.08. The number of hydrogen-bond donors (Lipinski definition) is 9. The molecule has 0 radical (unpaired) electrons. The fourth-order valence-electron chi connectivity index (χ4n) is 5.81. The van der Waals surface area contributed by atoms with E-state index in [2.05, 4.69) is 21.3 Å². The summed E-state index contributed by atoms with van der Waals surface area (Å²) < 4.78 is 0. The predicted octanol–water partition coefficient (Wildman–Crippen LogP) is -0.399. The lowest BCUT2D eigenvalue weighted by molar-refractivity contribution is -0.149. The van der Waals surface area contributed by atoms with Crippen molar-refractivity contribution in [3.8, 4) is 5.75 Å². The molecule has 12 N–H and O–H groups in total. The van der Waals surface area contributed by atoms with Crippen LogP contribution in [-0.2, 0) is 35.2 Å². The molecule has 7 atom stereocenters. The van der Waals surface area contributed by atoms with Crippen molar-refractivity contribution in [1.82, 2.24) is 26.2 Å². The van der Waals surface area contributed by atoms with Crippen molar-refractivity contribution in [1.29, 1.82) is 0 Å².